The van der Waals surface area contributed by atoms with Crippen LogP contribution in [0.5, 0.6) is 0 Å². The van der Waals surface area contributed by atoms with E-state index in [4.69, 9.17) is 21.1 Å². The Labute approximate surface area is 270 Å². The first-order valence-electron chi connectivity index (χ1n) is 13.6. The SMILES string of the molecule is COC(=O)C1(C(=O)OC)[C@@H](c2ccc(Cl)cc2)N(Cc2ccccc2)[C@H](c2ccc(Br)cc2)N1S(=O)(=O)c1ccc(C)cc1. The Balaban J connectivity index is 1.93. The van der Waals surface area contributed by atoms with Gasteiger partial charge in [0.05, 0.1) is 25.2 Å². The van der Waals surface area contributed by atoms with Crippen LogP contribution >= 0.6 is 27.5 Å². The molecule has 0 bridgehead atoms. The van der Waals surface area contributed by atoms with Gasteiger partial charge < -0.3 is 9.47 Å². The van der Waals surface area contributed by atoms with Crippen molar-refractivity contribution in [2.45, 2.75) is 36.1 Å². The summed E-state index contributed by atoms with van der Waals surface area (Å²) in [5, 5.41) is 0.427. The first-order chi connectivity index (χ1) is 21.0. The van der Waals surface area contributed by atoms with Crippen LogP contribution < -0.4 is 0 Å². The molecule has 0 saturated carbocycles. The average molecular weight is 698 g/mol. The molecule has 0 amide bonds. The molecule has 1 aliphatic rings. The lowest BCUT2D eigenvalue weighted by atomic mass is 9.85. The van der Waals surface area contributed by atoms with Crippen LogP contribution in [0.15, 0.2) is 112 Å². The van der Waals surface area contributed by atoms with E-state index in [1.807, 2.05) is 42.2 Å². The second-order valence-corrected chi connectivity index (χ2v) is 13.6. The molecule has 0 aromatic heterocycles. The fraction of sp³-hybridized carbons (Fsp3) is 0.212. The highest BCUT2D eigenvalue weighted by molar-refractivity contribution is 9.10. The van der Waals surface area contributed by atoms with E-state index in [1.54, 1.807) is 60.7 Å². The number of aryl methyl sites for hydroxylation is 1. The molecule has 1 saturated heterocycles. The van der Waals surface area contributed by atoms with E-state index in [-0.39, 0.29) is 11.4 Å². The van der Waals surface area contributed by atoms with Gasteiger partial charge in [-0.1, -0.05) is 99.8 Å². The first kappa shape index (κ1) is 31.9. The summed E-state index contributed by atoms with van der Waals surface area (Å²) in [5.74, 6) is -2.17. The molecule has 228 valence electrons. The van der Waals surface area contributed by atoms with Gasteiger partial charge in [0.15, 0.2) is 0 Å². The van der Waals surface area contributed by atoms with Gasteiger partial charge in [0.2, 0.25) is 10.0 Å². The molecule has 44 heavy (non-hydrogen) atoms. The van der Waals surface area contributed by atoms with E-state index < -0.39 is 39.7 Å². The molecule has 1 heterocycles. The van der Waals surface area contributed by atoms with Crippen LogP contribution in [0, 0.1) is 6.92 Å². The molecular formula is C33H30BrClN2O6S. The molecule has 2 atom stereocenters. The number of esters is 2. The zero-order valence-corrected chi connectivity index (χ0v) is 27.3. The minimum atomic E-state index is -4.60. The number of methoxy groups -OCH3 is 2. The minimum absolute atomic E-state index is 0.0983. The zero-order chi connectivity index (χ0) is 31.6. The smallest absolute Gasteiger partial charge is 0.341 e. The number of hydrogen-bond acceptors (Lipinski definition) is 7. The van der Waals surface area contributed by atoms with Crippen molar-refractivity contribution >= 4 is 49.5 Å². The predicted molar refractivity (Wildman–Crippen MR) is 170 cm³/mol. The van der Waals surface area contributed by atoms with Gasteiger partial charge in [-0.25, -0.2) is 18.0 Å². The Morgan fingerprint density at radius 3 is 1.91 bits per heavy atom. The number of rotatable bonds is 8. The summed E-state index contributed by atoms with van der Waals surface area (Å²) >= 11 is 9.72. The highest BCUT2D eigenvalue weighted by Gasteiger charge is 2.72. The maximum absolute atomic E-state index is 14.9. The first-order valence-corrected chi connectivity index (χ1v) is 16.3. The lowest BCUT2D eigenvalue weighted by Gasteiger charge is -2.36. The fourth-order valence-electron chi connectivity index (χ4n) is 5.78. The van der Waals surface area contributed by atoms with Crippen LogP contribution in [0.2, 0.25) is 5.02 Å². The Kier molecular flexibility index (Phi) is 9.29. The highest BCUT2D eigenvalue weighted by Crippen LogP contribution is 2.56. The second kappa shape index (κ2) is 12.8. The van der Waals surface area contributed by atoms with Gasteiger partial charge in [-0.15, -0.1) is 4.31 Å². The van der Waals surface area contributed by atoms with Gasteiger partial charge in [0.1, 0.15) is 6.17 Å². The molecule has 0 radical (unpaired) electrons. The van der Waals surface area contributed by atoms with Gasteiger partial charge in [-0.05, 0) is 60.0 Å². The summed E-state index contributed by atoms with van der Waals surface area (Å²) in [7, 11) is -2.36. The molecule has 0 unspecified atom stereocenters. The van der Waals surface area contributed by atoms with Crippen molar-refractivity contribution in [1.29, 1.82) is 0 Å². The van der Waals surface area contributed by atoms with E-state index in [1.165, 1.54) is 12.1 Å². The quantitative estimate of drug-likeness (QED) is 0.155. The molecule has 8 nitrogen and oxygen atoms in total. The van der Waals surface area contributed by atoms with E-state index in [9.17, 15) is 18.0 Å². The average Bonchev–Trinajstić information content (AvgIpc) is 3.33. The van der Waals surface area contributed by atoms with Crippen molar-refractivity contribution in [2.75, 3.05) is 14.2 Å². The molecule has 11 heteroatoms. The maximum atomic E-state index is 14.9. The third-order valence-electron chi connectivity index (χ3n) is 7.74. The molecule has 0 N–H and O–H groups in total. The van der Waals surface area contributed by atoms with Gasteiger partial charge in [-0.2, -0.15) is 0 Å². The summed E-state index contributed by atoms with van der Waals surface area (Å²) in [6.07, 6.45) is -1.16. The molecule has 0 spiro atoms. The monoisotopic (exact) mass is 696 g/mol. The minimum Gasteiger partial charge on any atom is -0.467 e. The normalized spacial score (nSPS) is 18.6. The van der Waals surface area contributed by atoms with Crippen molar-refractivity contribution in [3.8, 4) is 0 Å². The third-order valence-corrected chi connectivity index (χ3v) is 10.4. The summed E-state index contributed by atoms with van der Waals surface area (Å²) in [5.41, 5.74) is 0.144. The highest BCUT2D eigenvalue weighted by atomic mass is 79.9. The zero-order valence-electron chi connectivity index (χ0n) is 24.2. The number of hydrogen-bond donors (Lipinski definition) is 0. The maximum Gasteiger partial charge on any atom is 0.341 e. The van der Waals surface area contributed by atoms with Gasteiger partial charge >= 0.3 is 11.9 Å². The van der Waals surface area contributed by atoms with Crippen LogP contribution in [-0.2, 0) is 35.6 Å². The molecule has 1 fully saturated rings. The molecule has 4 aromatic carbocycles. The Hall–Kier alpha value is -3.54. The summed E-state index contributed by atoms with van der Waals surface area (Å²) in [4.78, 5) is 30.3. The lowest BCUT2D eigenvalue weighted by Crippen LogP contribution is -2.62. The van der Waals surface area contributed by atoms with Crippen LogP contribution in [-0.4, -0.2) is 49.3 Å². The van der Waals surface area contributed by atoms with Crippen molar-refractivity contribution in [1.82, 2.24) is 9.21 Å². The van der Waals surface area contributed by atoms with E-state index in [2.05, 4.69) is 15.9 Å². The van der Waals surface area contributed by atoms with E-state index >= 15 is 0 Å². The van der Waals surface area contributed by atoms with Gasteiger partial charge in [-0.3, -0.25) is 4.90 Å². The standard InChI is InChI=1S/C33H30BrClN2O6S/c1-22-9-19-28(20-10-22)44(40,41)37-30(25-11-15-26(34)16-12-25)36(21-23-7-5-4-6-8-23)29(24-13-17-27(35)18-14-24)33(37,31(38)42-2)32(39)43-3/h4-20,29-30H,21H2,1-3H3/t29-,30+/m1/s1. The number of carbonyl (C=O) groups excluding carboxylic acids is 2. The largest absolute Gasteiger partial charge is 0.467 e. The van der Waals surface area contributed by atoms with Crippen LogP contribution in [0.25, 0.3) is 0 Å². The Bertz CT molecular complexity index is 1740. The summed E-state index contributed by atoms with van der Waals surface area (Å²) in [6.45, 7) is 1.99. The fourth-order valence-corrected chi connectivity index (χ4v) is 8.01. The summed E-state index contributed by atoms with van der Waals surface area (Å²) < 4.78 is 42.2. The van der Waals surface area contributed by atoms with Crippen LogP contribution in [0.1, 0.15) is 34.5 Å². The second-order valence-electron chi connectivity index (χ2n) is 10.4. The van der Waals surface area contributed by atoms with E-state index in [0.717, 1.165) is 34.1 Å². The van der Waals surface area contributed by atoms with Crippen molar-refractivity contribution in [3.05, 3.63) is 135 Å². The third kappa shape index (κ3) is 5.57. The van der Waals surface area contributed by atoms with Crippen LogP contribution in [0.4, 0.5) is 0 Å². The number of benzene rings is 4. The van der Waals surface area contributed by atoms with Crippen molar-refractivity contribution in [3.63, 3.8) is 0 Å². The van der Waals surface area contributed by atoms with E-state index in [0.29, 0.717) is 16.1 Å². The molecular weight excluding hydrogens is 668 g/mol. The topological polar surface area (TPSA) is 93.2 Å². The van der Waals surface area contributed by atoms with Gasteiger partial charge in [0, 0.05) is 16.0 Å². The number of ether oxygens (including phenoxy) is 2. The predicted octanol–water partition coefficient (Wildman–Crippen LogP) is 6.44. The molecule has 5 rings (SSSR count). The molecule has 0 aliphatic carbocycles. The van der Waals surface area contributed by atoms with Gasteiger partial charge in [0.25, 0.3) is 5.54 Å². The number of carbonyl (C=O) groups is 2. The lowest BCUT2D eigenvalue weighted by molar-refractivity contribution is -0.168. The number of nitrogens with zero attached hydrogens (tertiary/aromatic N) is 2. The van der Waals surface area contributed by atoms with Crippen molar-refractivity contribution in [2.24, 2.45) is 0 Å². The molecule has 4 aromatic rings. The van der Waals surface area contributed by atoms with Crippen LogP contribution in [0.3, 0.4) is 0 Å². The van der Waals surface area contributed by atoms with Crippen molar-refractivity contribution < 1.29 is 27.5 Å². The Morgan fingerprint density at radius 2 is 1.36 bits per heavy atom. The molecule has 1 aliphatic heterocycles. The number of sulfonamides is 1. The Morgan fingerprint density at radius 1 is 0.818 bits per heavy atom. The number of halogens is 2. The summed E-state index contributed by atoms with van der Waals surface area (Å²) in [6, 6.07) is 28.1.